The van der Waals surface area contributed by atoms with Crippen molar-refractivity contribution in [3.05, 3.63) is 30.7 Å². The monoisotopic (exact) mass is 178 g/mol. The summed E-state index contributed by atoms with van der Waals surface area (Å²) >= 11 is 0. The van der Waals surface area contributed by atoms with Gasteiger partial charge in [-0.1, -0.05) is 0 Å². The van der Waals surface area contributed by atoms with Crippen molar-refractivity contribution in [1.82, 2.24) is 15.3 Å². The first-order valence-electron chi connectivity index (χ1n) is 3.77. The van der Waals surface area contributed by atoms with Crippen molar-refractivity contribution in [3.8, 4) is 0 Å². The van der Waals surface area contributed by atoms with Crippen LogP contribution in [0, 0.1) is 0 Å². The van der Waals surface area contributed by atoms with E-state index in [1.807, 2.05) is 12.2 Å². The predicted molar refractivity (Wildman–Crippen MR) is 50.7 cm³/mol. The van der Waals surface area contributed by atoms with Crippen molar-refractivity contribution in [2.45, 2.75) is 0 Å². The second kappa shape index (κ2) is 2.74. The summed E-state index contributed by atoms with van der Waals surface area (Å²) in [6.07, 6.45) is 8.76. The maximum Gasteiger partial charge on any atom is 0.170 e. The van der Waals surface area contributed by atoms with Gasteiger partial charge in [0.25, 0.3) is 0 Å². The van der Waals surface area contributed by atoms with Crippen LogP contribution in [0.1, 0.15) is 0 Å². The molecule has 1 aliphatic heterocycles. The molecule has 6 heteroatoms. The topological polar surface area (TPSA) is 85.1 Å². The van der Waals surface area contributed by atoms with Crippen molar-refractivity contribution in [3.63, 3.8) is 0 Å². The number of hydrazine groups is 1. The summed E-state index contributed by atoms with van der Waals surface area (Å²) in [6.45, 7) is 0. The smallest absolute Gasteiger partial charge is 0.170 e. The van der Waals surface area contributed by atoms with Gasteiger partial charge in [0.1, 0.15) is 0 Å². The van der Waals surface area contributed by atoms with Crippen molar-refractivity contribution in [1.29, 1.82) is 0 Å². The summed E-state index contributed by atoms with van der Waals surface area (Å²) in [5.41, 5.74) is 14.6. The third-order valence-electron chi connectivity index (χ3n) is 1.66. The number of nitrogen functional groups attached to an aromatic ring is 2. The van der Waals surface area contributed by atoms with Crippen molar-refractivity contribution in [2.75, 3.05) is 16.6 Å². The molecule has 2 heterocycles. The maximum absolute atomic E-state index is 5.67. The molecule has 1 aromatic heterocycles. The Kier molecular flexibility index (Phi) is 1.59. The van der Waals surface area contributed by atoms with Gasteiger partial charge in [0, 0.05) is 12.4 Å². The average Bonchev–Trinajstić information content (AvgIpc) is 2.49. The van der Waals surface area contributed by atoms with E-state index in [0.29, 0.717) is 11.5 Å². The average molecular weight is 178 g/mol. The van der Waals surface area contributed by atoms with E-state index in [9.17, 15) is 0 Å². The number of allylic oxidation sites excluding steroid dienone is 2. The highest BCUT2D eigenvalue weighted by Gasteiger charge is 2.08. The lowest BCUT2D eigenvalue weighted by Crippen LogP contribution is -2.41. The lowest BCUT2D eigenvalue weighted by molar-refractivity contribution is 0.569. The van der Waals surface area contributed by atoms with Crippen LogP contribution in [0.15, 0.2) is 30.7 Å². The third-order valence-corrected chi connectivity index (χ3v) is 1.66. The van der Waals surface area contributed by atoms with E-state index in [4.69, 9.17) is 11.5 Å². The van der Waals surface area contributed by atoms with E-state index in [2.05, 4.69) is 10.5 Å². The normalized spacial score (nSPS) is 14.6. The molecule has 5 N–H and O–H groups in total. The molecule has 0 aliphatic carbocycles. The molecule has 0 atom stereocenters. The van der Waals surface area contributed by atoms with Crippen LogP contribution in [0.2, 0.25) is 0 Å². The molecule has 0 unspecified atom stereocenters. The molecule has 13 heavy (non-hydrogen) atoms. The fraction of sp³-hybridized carbons (Fsp3) is 0. The Morgan fingerprint density at radius 1 is 1.31 bits per heavy atom. The van der Waals surface area contributed by atoms with Crippen LogP contribution in [-0.2, 0) is 0 Å². The summed E-state index contributed by atoms with van der Waals surface area (Å²) in [6, 6.07) is 0. The van der Waals surface area contributed by atoms with Crippen molar-refractivity contribution in [2.24, 2.45) is 0 Å². The summed E-state index contributed by atoms with van der Waals surface area (Å²) in [5.74, 6) is 0.410. The molecule has 1 aromatic rings. The van der Waals surface area contributed by atoms with Crippen LogP contribution in [0.25, 0.3) is 0 Å². The van der Waals surface area contributed by atoms with Gasteiger partial charge in [-0.25, -0.2) is 0 Å². The van der Waals surface area contributed by atoms with E-state index in [1.165, 1.54) is 11.0 Å². The first-order valence-corrected chi connectivity index (χ1v) is 3.77. The summed E-state index contributed by atoms with van der Waals surface area (Å²) < 4.78 is 0. The third kappa shape index (κ3) is 1.18. The predicted octanol–water partition coefficient (Wildman–Crippen LogP) is -0.469. The molecular weight excluding hydrogens is 168 g/mol. The van der Waals surface area contributed by atoms with Gasteiger partial charge in [0.2, 0.25) is 0 Å². The van der Waals surface area contributed by atoms with Crippen LogP contribution in [0.3, 0.4) is 0 Å². The minimum absolute atomic E-state index is 0.410. The molecule has 0 spiro atoms. The molecule has 0 saturated heterocycles. The molecule has 0 fully saturated rings. The van der Waals surface area contributed by atoms with E-state index in [0.717, 1.165) is 0 Å². The number of aromatic nitrogens is 2. The Hall–Kier alpha value is -2.11. The SMILES string of the molecule is Nc1cnn(N2C=CC=CN2)c1N. The van der Waals surface area contributed by atoms with Gasteiger partial charge in [0.05, 0.1) is 11.9 Å². The van der Waals surface area contributed by atoms with E-state index < -0.39 is 0 Å². The number of nitrogens with zero attached hydrogens (tertiary/aromatic N) is 3. The lowest BCUT2D eigenvalue weighted by atomic mass is 10.5. The molecule has 6 nitrogen and oxygen atoms in total. The van der Waals surface area contributed by atoms with Crippen LogP contribution in [0.4, 0.5) is 11.5 Å². The van der Waals surface area contributed by atoms with Crippen LogP contribution < -0.4 is 22.0 Å². The summed E-state index contributed by atoms with van der Waals surface area (Å²) in [4.78, 5) is 1.47. The molecule has 0 aromatic carbocycles. The minimum atomic E-state index is 0.410. The van der Waals surface area contributed by atoms with Gasteiger partial charge in [-0.2, -0.15) is 10.2 Å². The molecule has 0 radical (unpaired) electrons. The number of hydrogen-bond acceptors (Lipinski definition) is 5. The Morgan fingerprint density at radius 3 is 2.69 bits per heavy atom. The lowest BCUT2D eigenvalue weighted by Gasteiger charge is -2.22. The van der Waals surface area contributed by atoms with Crippen molar-refractivity contribution >= 4 is 11.5 Å². The highest BCUT2D eigenvalue weighted by atomic mass is 15.8. The number of nitrogens with two attached hydrogens (primary N) is 2. The Morgan fingerprint density at radius 2 is 2.15 bits per heavy atom. The Labute approximate surface area is 75.0 Å². The minimum Gasteiger partial charge on any atom is -0.394 e. The molecular formula is C7H10N6. The summed E-state index contributed by atoms with van der Waals surface area (Å²) in [5, 5.41) is 5.60. The van der Waals surface area contributed by atoms with Gasteiger partial charge in [-0.05, 0) is 12.2 Å². The van der Waals surface area contributed by atoms with Crippen molar-refractivity contribution < 1.29 is 0 Å². The zero-order valence-corrected chi connectivity index (χ0v) is 6.88. The fourth-order valence-electron chi connectivity index (χ4n) is 0.999. The van der Waals surface area contributed by atoms with Gasteiger partial charge in [-0.3, -0.25) is 5.43 Å². The molecule has 1 aliphatic rings. The zero-order chi connectivity index (χ0) is 9.26. The zero-order valence-electron chi connectivity index (χ0n) is 6.88. The highest BCUT2D eigenvalue weighted by Crippen LogP contribution is 2.12. The summed E-state index contributed by atoms with van der Waals surface area (Å²) in [7, 11) is 0. The fourth-order valence-corrected chi connectivity index (χ4v) is 0.999. The van der Waals surface area contributed by atoms with Crippen LogP contribution in [0.5, 0.6) is 0 Å². The number of rotatable bonds is 1. The first-order chi connectivity index (χ1) is 6.29. The molecule has 68 valence electrons. The molecule has 0 bridgehead atoms. The van der Waals surface area contributed by atoms with Gasteiger partial charge in [-0.15, -0.1) is 4.79 Å². The first kappa shape index (κ1) is 7.53. The second-order valence-corrected chi connectivity index (χ2v) is 2.55. The number of anilines is 2. The van der Waals surface area contributed by atoms with Crippen LogP contribution in [-0.4, -0.2) is 9.89 Å². The van der Waals surface area contributed by atoms with Crippen LogP contribution >= 0.6 is 0 Å². The standard InChI is InChI=1S/C7H10N6/c8-6-5-11-13(7(6)9)12-4-2-1-3-10-12/h1-5,10H,8-9H2. The van der Waals surface area contributed by atoms with E-state index in [-0.39, 0.29) is 0 Å². The van der Waals surface area contributed by atoms with Gasteiger partial charge in [0.15, 0.2) is 5.82 Å². The van der Waals surface area contributed by atoms with E-state index in [1.54, 1.807) is 17.5 Å². The molecule has 2 rings (SSSR count). The highest BCUT2D eigenvalue weighted by molar-refractivity contribution is 5.57. The molecule has 0 amide bonds. The maximum atomic E-state index is 5.67. The largest absolute Gasteiger partial charge is 0.394 e. The Bertz CT molecular complexity index is 363. The van der Waals surface area contributed by atoms with Gasteiger partial charge < -0.3 is 11.5 Å². The Balaban J connectivity index is 2.30. The number of nitrogens with one attached hydrogen (secondary N) is 1. The van der Waals surface area contributed by atoms with E-state index >= 15 is 0 Å². The quantitative estimate of drug-likeness (QED) is 0.541. The second-order valence-electron chi connectivity index (χ2n) is 2.55. The number of hydrogen-bond donors (Lipinski definition) is 3. The van der Waals surface area contributed by atoms with Gasteiger partial charge >= 0.3 is 0 Å². The molecule has 0 saturated carbocycles.